The Hall–Kier alpha value is -0.370. The molecule has 64 valence electrons. The highest BCUT2D eigenvalue weighted by atomic mass is 16.1. The molecule has 1 aliphatic rings. The van der Waals surface area contributed by atoms with E-state index in [9.17, 15) is 4.79 Å². The second-order valence-corrected chi connectivity index (χ2v) is 3.62. The van der Waals surface area contributed by atoms with Crippen LogP contribution < -0.4 is 5.32 Å². The van der Waals surface area contributed by atoms with Gasteiger partial charge in [-0.05, 0) is 19.4 Å². The van der Waals surface area contributed by atoms with Crippen LogP contribution in [0.2, 0.25) is 0 Å². The summed E-state index contributed by atoms with van der Waals surface area (Å²) in [5.74, 6) is 0.599. The molecule has 1 N–H and O–H groups in total. The average molecular weight is 155 g/mol. The quantitative estimate of drug-likeness (QED) is 0.666. The summed E-state index contributed by atoms with van der Waals surface area (Å²) in [4.78, 5) is 11.3. The molecule has 0 amide bonds. The van der Waals surface area contributed by atoms with Crippen LogP contribution in [0.3, 0.4) is 0 Å². The second kappa shape index (κ2) is 3.86. The van der Waals surface area contributed by atoms with E-state index in [2.05, 4.69) is 5.32 Å². The molecule has 0 saturated carbocycles. The minimum Gasteiger partial charge on any atom is -0.314 e. The zero-order valence-corrected chi connectivity index (χ0v) is 7.39. The van der Waals surface area contributed by atoms with E-state index < -0.39 is 0 Å². The largest absolute Gasteiger partial charge is 0.314 e. The van der Waals surface area contributed by atoms with Gasteiger partial charge >= 0.3 is 0 Å². The Morgan fingerprint density at radius 1 is 1.64 bits per heavy atom. The van der Waals surface area contributed by atoms with Gasteiger partial charge in [0.2, 0.25) is 0 Å². The summed E-state index contributed by atoms with van der Waals surface area (Å²) in [6.07, 6.45) is 3.15. The molecule has 0 unspecified atom stereocenters. The summed E-state index contributed by atoms with van der Waals surface area (Å²) in [7, 11) is 0. The van der Waals surface area contributed by atoms with Crippen molar-refractivity contribution in [3.8, 4) is 0 Å². The smallest absolute Gasteiger partial charge is 0.136 e. The van der Waals surface area contributed by atoms with Crippen molar-refractivity contribution >= 4 is 5.78 Å². The van der Waals surface area contributed by atoms with E-state index in [1.807, 2.05) is 13.8 Å². The standard InChI is InChI=1S/C9H17NO/c1-7(2)9(11)6-8-4-3-5-10-8/h7-8,10H,3-6H2,1-2H3/t8-/m1/s1. The van der Waals surface area contributed by atoms with E-state index in [-0.39, 0.29) is 5.92 Å². The molecule has 1 fully saturated rings. The summed E-state index contributed by atoms with van der Waals surface area (Å²) in [6, 6.07) is 0.477. The van der Waals surface area contributed by atoms with Crippen LogP contribution in [0.25, 0.3) is 0 Å². The Morgan fingerprint density at radius 3 is 2.82 bits per heavy atom. The number of hydrogen-bond acceptors (Lipinski definition) is 2. The lowest BCUT2D eigenvalue weighted by atomic mass is 10.0. The zero-order chi connectivity index (χ0) is 8.27. The highest BCUT2D eigenvalue weighted by Gasteiger charge is 2.18. The van der Waals surface area contributed by atoms with Crippen LogP contribution in [0, 0.1) is 5.92 Å². The highest BCUT2D eigenvalue weighted by Crippen LogP contribution is 2.11. The third-order valence-electron chi connectivity index (χ3n) is 2.25. The molecule has 1 saturated heterocycles. The van der Waals surface area contributed by atoms with Gasteiger partial charge in [-0.1, -0.05) is 13.8 Å². The molecule has 1 heterocycles. The fourth-order valence-electron chi connectivity index (χ4n) is 1.41. The first-order chi connectivity index (χ1) is 5.20. The van der Waals surface area contributed by atoms with Gasteiger partial charge in [-0.2, -0.15) is 0 Å². The van der Waals surface area contributed by atoms with Crippen LogP contribution in [0.4, 0.5) is 0 Å². The SMILES string of the molecule is CC(C)C(=O)C[C@H]1CCCN1. The van der Waals surface area contributed by atoms with Crippen molar-refractivity contribution < 1.29 is 4.79 Å². The van der Waals surface area contributed by atoms with E-state index >= 15 is 0 Å². The summed E-state index contributed by atoms with van der Waals surface area (Å²) in [5, 5.41) is 3.32. The van der Waals surface area contributed by atoms with E-state index in [1.54, 1.807) is 0 Å². The molecule has 0 bridgehead atoms. The molecule has 0 radical (unpaired) electrons. The van der Waals surface area contributed by atoms with Crippen LogP contribution >= 0.6 is 0 Å². The van der Waals surface area contributed by atoms with Crippen molar-refractivity contribution in [2.45, 2.75) is 39.2 Å². The van der Waals surface area contributed by atoms with E-state index in [1.165, 1.54) is 12.8 Å². The molecular weight excluding hydrogens is 138 g/mol. The molecule has 2 nitrogen and oxygen atoms in total. The predicted octanol–water partition coefficient (Wildman–Crippen LogP) is 1.35. The van der Waals surface area contributed by atoms with Crippen LogP contribution in [-0.2, 0) is 4.79 Å². The van der Waals surface area contributed by atoms with Crippen LogP contribution in [0.5, 0.6) is 0 Å². The van der Waals surface area contributed by atoms with Gasteiger partial charge in [-0.3, -0.25) is 4.79 Å². The fraction of sp³-hybridized carbons (Fsp3) is 0.889. The number of carbonyl (C=O) groups is 1. The summed E-state index contributed by atoms with van der Waals surface area (Å²) >= 11 is 0. The van der Waals surface area contributed by atoms with Gasteiger partial charge in [0.05, 0.1) is 0 Å². The Bertz CT molecular complexity index is 136. The normalized spacial score (nSPS) is 24.5. The first kappa shape index (κ1) is 8.72. The summed E-state index contributed by atoms with van der Waals surface area (Å²) in [6.45, 7) is 5.03. The van der Waals surface area contributed by atoms with Gasteiger partial charge < -0.3 is 5.32 Å². The van der Waals surface area contributed by atoms with Crippen LogP contribution in [0.15, 0.2) is 0 Å². The topological polar surface area (TPSA) is 29.1 Å². The van der Waals surface area contributed by atoms with Crippen molar-refractivity contribution in [3.63, 3.8) is 0 Å². The molecular formula is C9H17NO. The van der Waals surface area contributed by atoms with E-state index in [4.69, 9.17) is 0 Å². The molecule has 0 aliphatic carbocycles. The average Bonchev–Trinajstić information content (AvgIpc) is 2.39. The summed E-state index contributed by atoms with van der Waals surface area (Å²) < 4.78 is 0. The Kier molecular flexibility index (Phi) is 3.06. The predicted molar refractivity (Wildman–Crippen MR) is 45.5 cm³/mol. The maximum Gasteiger partial charge on any atom is 0.136 e. The van der Waals surface area contributed by atoms with Crippen molar-refractivity contribution in [1.82, 2.24) is 5.32 Å². The third kappa shape index (κ3) is 2.62. The minimum atomic E-state index is 0.206. The summed E-state index contributed by atoms with van der Waals surface area (Å²) in [5.41, 5.74) is 0. The van der Waals surface area contributed by atoms with Crippen LogP contribution in [0.1, 0.15) is 33.1 Å². The lowest BCUT2D eigenvalue weighted by Crippen LogP contribution is -2.26. The van der Waals surface area contributed by atoms with Gasteiger partial charge in [0, 0.05) is 18.4 Å². The molecule has 0 aromatic rings. The van der Waals surface area contributed by atoms with Crippen molar-refractivity contribution in [3.05, 3.63) is 0 Å². The van der Waals surface area contributed by atoms with Crippen molar-refractivity contribution in [2.24, 2.45) is 5.92 Å². The fourth-order valence-corrected chi connectivity index (χ4v) is 1.41. The Labute approximate surface area is 68.4 Å². The van der Waals surface area contributed by atoms with Gasteiger partial charge in [-0.25, -0.2) is 0 Å². The Balaban J connectivity index is 2.24. The minimum absolute atomic E-state index is 0.206. The Morgan fingerprint density at radius 2 is 2.36 bits per heavy atom. The van der Waals surface area contributed by atoms with Crippen molar-refractivity contribution in [1.29, 1.82) is 0 Å². The number of carbonyl (C=O) groups excluding carboxylic acids is 1. The first-order valence-corrected chi connectivity index (χ1v) is 4.46. The monoisotopic (exact) mass is 155 g/mol. The number of ketones is 1. The van der Waals surface area contributed by atoms with E-state index in [0.29, 0.717) is 11.8 Å². The zero-order valence-electron chi connectivity index (χ0n) is 7.39. The number of Topliss-reactive ketones (excluding diaryl/α,β-unsaturated/α-hetero) is 1. The molecule has 1 rings (SSSR count). The first-order valence-electron chi connectivity index (χ1n) is 4.46. The third-order valence-corrected chi connectivity index (χ3v) is 2.25. The molecule has 11 heavy (non-hydrogen) atoms. The molecule has 0 aromatic heterocycles. The lowest BCUT2D eigenvalue weighted by Gasteiger charge is -2.10. The van der Waals surface area contributed by atoms with E-state index in [0.717, 1.165) is 13.0 Å². The van der Waals surface area contributed by atoms with Gasteiger partial charge in [-0.15, -0.1) is 0 Å². The van der Waals surface area contributed by atoms with Crippen LogP contribution in [-0.4, -0.2) is 18.4 Å². The van der Waals surface area contributed by atoms with Crippen molar-refractivity contribution in [2.75, 3.05) is 6.54 Å². The van der Waals surface area contributed by atoms with Gasteiger partial charge in [0.15, 0.2) is 0 Å². The second-order valence-electron chi connectivity index (χ2n) is 3.62. The molecule has 0 aromatic carbocycles. The molecule has 1 atom stereocenters. The molecule has 1 aliphatic heterocycles. The maximum absolute atomic E-state index is 11.3. The number of nitrogens with one attached hydrogen (secondary N) is 1. The van der Waals surface area contributed by atoms with Gasteiger partial charge in [0.1, 0.15) is 5.78 Å². The molecule has 2 heteroatoms. The maximum atomic E-state index is 11.3. The lowest BCUT2D eigenvalue weighted by molar-refractivity contribution is -0.122. The number of hydrogen-bond donors (Lipinski definition) is 1. The highest BCUT2D eigenvalue weighted by molar-refractivity contribution is 5.80. The number of rotatable bonds is 3. The molecule has 0 spiro atoms. The van der Waals surface area contributed by atoms with Gasteiger partial charge in [0.25, 0.3) is 0 Å².